The third-order valence-electron chi connectivity index (χ3n) is 2.39. The van der Waals surface area contributed by atoms with E-state index < -0.39 is 6.10 Å². The van der Waals surface area contributed by atoms with Crippen molar-refractivity contribution in [1.29, 1.82) is 0 Å². The number of halogens is 2. The van der Waals surface area contributed by atoms with Crippen LogP contribution in [0.15, 0.2) is 27.1 Å². The van der Waals surface area contributed by atoms with Gasteiger partial charge in [0.05, 0.1) is 4.47 Å². The van der Waals surface area contributed by atoms with Crippen molar-refractivity contribution in [1.82, 2.24) is 5.32 Å². The summed E-state index contributed by atoms with van der Waals surface area (Å²) in [6.45, 7) is 2.94. The molecule has 106 valence electrons. The van der Waals surface area contributed by atoms with Crippen LogP contribution in [0.2, 0.25) is 0 Å². The maximum absolute atomic E-state index is 11.8. The van der Waals surface area contributed by atoms with Crippen molar-refractivity contribution in [2.45, 2.75) is 19.4 Å². The zero-order valence-electron chi connectivity index (χ0n) is 10.9. The van der Waals surface area contributed by atoms with Gasteiger partial charge in [0, 0.05) is 24.7 Å². The first-order valence-corrected chi connectivity index (χ1v) is 7.51. The summed E-state index contributed by atoms with van der Waals surface area (Å²) in [6.07, 6.45) is 0.247. The zero-order chi connectivity index (χ0) is 14.3. The van der Waals surface area contributed by atoms with E-state index in [9.17, 15) is 4.79 Å². The molecule has 1 aromatic rings. The fourth-order valence-electron chi connectivity index (χ4n) is 1.39. The third-order valence-corrected chi connectivity index (χ3v) is 3.50. The van der Waals surface area contributed by atoms with Crippen LogP contribution >= 0.6 is 31.9 Å². The Morgan fingerprint density at radius 3 is 2.79 bits per heavy atom. The van der Waals surface area contributed by atoms with Crippen molar-refractivity contribution in [3.8, 4) is 5.75 Å². The summed E-state index contributed by atoms with van der Waals surface area (Å²) in [5, 5.41) is 2.80. The lowest BCUT2D eigenvalue weighted by molar-refractivity contribution is -0.127. The number of carbonyl (C=O) groups excluding carboxylic acids is 1. The second kappa shape index (κ2) is 8.55. The van der Waals surface area contributed by atoms with Gasteiger partial charge in [-0.05, 0) is 47.5 Å². The molecule has 4 nitrogen and oxygen atoms in total. The molecule has 0 aliphatic heterocycles. The van der Waals surface area contributed by atoms with E-state index in [2.05, 4.69) is 37.2 Å². The molecule has 1 N–H and O–H groups in total. The van der Waals surface area contributed by atoms with E-state index in [0.717, 1.165) is 15.4 Å². The average Bonchev–Trinajstić information content (AvgIpc) is 2.37. The van der Waals surface area contributed by atoms with Crippen LogP contribution in [0.1, 0.15) is 13.3 Å². The lowest BCUT2D eigenvalue weighted by Gasteiger charge is -2.15. The van der Waals surface area contributed by atoms with Gasteiger partial charge in [0.1, 0.15) is 5.75 Å². The fourth-order valence-corrected chi connectivity index (χ4v) is 2.53. The molecular formula is C13H17Br2NO3. The van der Waals surface area contributed by atoms with E-state index in [0.29, 0.717) is 18.9 Å². The molecule has 0 unspecified atom stereocenters. The topological polar surface area (TPSA) is 47.6 Å². The van der Waals surface area contributed by atoms with Crippen LogP contribution in [0.5, 0.6) is 5.75 Å². The molecule has 1 aromatic carbocycles. The minimum atomic E-state index is -0.542. The summed E-state index contributed by atoms with van der Waals surface area (Å²) in [4.78, 5) is 11.8. The van der Waals surface area contributed by atoms with Crippen molar-refractivity contribution in [2.75, 3.05) is 20.3 Å². The van der Waals surface area contributed by atoms with Gasteiger partial charge >= 0.3 is 0 Å². The second-order valence-electron chi connectivity index (χ2n) is 3.97. The summed E-state index contributed by atoms with van der Waals surface area (Å²) in [5.41, 5.74) is 0. The monoisotopic (exact) mass is 393 g/mol. The van der Waals surface area contributed by atoms with Crippen molar-refractivity contribution in [3.05, 3.63) is 27.1 Å². The zero-order valence-corrected chi connectivity index (χ0v) is 14.1. The SMILES string of the molecule is COCCCNC(=O)[C@H](C)Oc1ccc(Br)cc1Br. The summed E-state index contributed by atoms with van der Waals surface area (Å²) in [7, 11) is 1.64. The standard InChI is InChI=1S/C13H17Br2NO3/c1-9(13(17)16-6-3-7-18-2)19-12-5-4-10(14)8-11(12)15/h4-5,8-9H,3,6-7H2,1-2H3,(H,16,17)/t9-/m0/s1. The van der Waals surface area contributed by atoms with Crippen LogP contribution in [0.25, 0.3) is 0 Å². The number of ether oxygens (including phenoxy) is 2. The molecule has 0 aliphatic carbocycles. The van der Waals surface area contributed by atoms with E-state index in [4.69, 9.17) is 9.47 Å². The molecule has 0 radical (unpaired) electrons. The van der Waals surface area contributed by atoms with E-state index >= 15 is 0 Å². The molecule has 0 saturated heterocycles. The first-order valence-electron chi connectivity index (χ1n) is 5.93. The summed E-state index contributed by atoms with van der Waals surface area (Å²) < 4.78 is 12.3. The Hall–Kier alpha value is -0.590. The van der Waals surface area contributed by atoms with E-state index in [1.165, 1.54) is 0 Å². The van der Waals surface area contributed by atoms with Crippen LogP contribution in [0, 0.1) is 0 Å². The highest BCUT2D eigenvalue weighted by molar-refractivity contribution is 9.11. The van der Waals surface area contributed by atoms with Gasteiger partial charge in [-0.2, -0.15) is 0 Å². The Kier molecular flexibility index (Phi) is 7.41. The van der Waals surface area contributed by atoms with Gasteiger partial charge in [-0.3, -0.25) is 4.79 Å². The van der Waals surface area contributed by atoms with Crippen LogP contribution in [-0.4, -0.2) is 32.3 Å². The molecule has 1 atom stereocenters. The highest BCUT2D eigenvalue weighted by Crippen LogP contribution is 2.28. The fraction of sp³-hybridized carbons (Fsp3) is 0.462. The quantitative estimate of drug-likeness (QED) is 0.722. The highest BCUT2D eigenvalue weighted by Gasteiger charge is 2.15. The van der Waals surface area contributed by atoms with Gasteiger partial charge in [0.25, 0.3) is 5.91 Å². The molecule has 0 saturated carbocycles. The maximum atomic E-state index is 11.8. The number of carbonyl (C=O) groups is 1. The minimum absolute atomic E-state index is 0.133. The molecule has 6 heteroatoms. The predicted molar refractivity (Wildman–Crippen MR) is 81.4 cm³/mol. The first-order chi connectivity index (χ1) is 9.04. The smallest absolute Gasteiger partial charge is 0.260 e. The molecule has 0 bridgehead atoms. The summed E-state index contributed by atoms with van der Waals surface area (Å²) >= 11 is 6.76. The number of amides is 1. The number of methoxy groups -OCH3 is 1. The average molecular weight is 395 g/mol. The number of nitrogens with one attached hydrogen (secondary N) is 1. The highest BCUT2D eigenvalue weighted by atomic mass is 79.9. The number of benzene rings is 1. The van der Waals surface area contributed by atoms with Gasteiger partial charge in [-0.1, -0.05) is 15.9 Å². The molecule has 0 heterocycles. The van der Waals surface area contributed by atoms with Crippen molar-refractivity contribution < 1.29 is 14.3 Å². The third kappa shape index (κ3) is 5.93. The molecule has 0 spiro atoms. The molecule has 1 rings (SSSR count). The maximum Gasteiger partial charge on any atom is 0.260 e. The van der Waals surface area contributed by atoms with Gasteiger partial charge in [0.2, 0.25) is 0 Å². The van der Waals surface area contributed by atoms with Crippen molar-refractivity contribution >= 4 is 37.8 Å². The number of rotatable bonds is 7. The normalized spacial score (nSPS) is 12.0. The summed E-state index contributed by atoms with van der Waals surface area (Å²) in [6, 6.07) is 5.55. The second-order valence-corrected chi connectivity index (χ2v) is 5.74. The minimum Gasteiger partial charge on any atom is -0.480 e. The molecule has 0 fully saturated rings. The lowest BCUT2D eigenvalue weighted by atomic mass is 10.3. The lowest BCUT2D eigenvalue weighted by Crippen LogP contribution is -2.37. The van der Waals surface area contributed by atoms with Crippen LogP contribution in [0.3, 0.4) is 0 Å². The van der Waals surface area contributed by atoms with Crippen LogP contribution < -0.4 is 10.1 Å². The Morgan fingerprint density at radius 2 is 2.16 bits per heavy atom. The molecule has 19 heavy (non-hydrogen) atoms. The largest absolute Gasteiger partial charge is 0.480 e. The van der Waals surface area contributed by atoms with Gasteiger partial charge in [-0.25, -0.2) is 0 Å². The van der Waals surface area contributed by atoms with E-state index in [-0.39, 0.29) is 5.91 Å². The summed E-state index contributed by atoms with van der Waals surface area (Å²) in [5.74, 6) is 0.508. The van der Waals surface area contributed by atoms with Crippen LogP contribution in [0.4, 0.5) is 0 Å². The van der Waals surface area contributed by atoms with E-state index in [1.54, 1.807) is 14.0 Å². The van der Waals surface area contributed by atoms with Crippen molar-refractivity contribution in [3.63, 3.8) is 0 Å². The van der Waals surface area contributed by atoms with Crippen molar-refractivity contribution in [2.24, 2.45) is 0 Å². The van der Waals surface area contributed by atoms with Gasteiger partial charge in [0.15, 0.2) is 6.10 Å². The Labute approximate surface area is 130 Å². The van der Waals surface area contributed by atoms with Crippen LogP contribution in [-0.2, 0) is 9.53 Å². The predicted octanol–water partition coefficient (Wildman–Crippen LogP) is 3.13. The van der Waals surface area contributed by atoms with Gasteiger partial charge in [-0.15, -0.1) is 0 Å². The molecule has 1 amide bonds. The number of hydrogen-bond acceptors (Lipinski definition) is 3. The Bertz CT molecular complexity index is 426. The molecule has 0 aliphatic rings. The van der Waals surface area contributed by atoms with E-state index in [1.807, 2.05) is 18.2 Å². The Morgan fingerprint density at radius 1 is 1.42 bits per heavy atom. The van der Waals surface area contributed by atoms with Gasteiger partial charge < -0.3 is 14.8 Å². The molecule has 0 aromatic heterocycles. The molecular weight excluding hydrogens is 378 g/mol. The first kappa shape index (κ1) is 16.5. The Balaban J connectivity index is 2.45. The number of hydrogen-bond donors (Lipinski definition) is 1.